The largest absolute Gasteiger partial charge is 1.00 e. The van der Waals surface area contributed by atoms with E-state index < -0.39 is 0 Å². The van der Waals surface area contributed by atoms with Crippen LogP contribution in [0.15, 0.2) is 66.7 Å². The Balaban J connectivity index is 0.000000228. The van der Waals surface area contributed by atoms with Gasteiger partial charge in [0.2, 0.25) is 0 Å². The number of halogens is 2. The summed E-state index contributed by atoms with van der Waals surface area (Å²) in [6.45, 7) is 27.0. The minimum Gasteiger partial charge on any atom is -1.00 e. The van der Waals surface area contributed by atoms with Crippen LogP contribution in [-0.4, -0.2) is 3.71 Å². The monoisotopic (exact) mass is 752 g/mol. The first-order chi connectivity index (χ1) is 21.4. The quantitative estimate of drug-likeness (QED) is 0.203. The molecule has 3 heteroatoms. The molecule has 0 amide bonds. The Labute approximate surface area is 319 Å². The molecule has 0 aromatic heterocycles. The van der Waals surface area contributed by atoms with Crippen molar-refractivity contribution >= 4 is 14.9 Å². The van der Waals surface area contributed by atoms with Gasteiger partial charge in [0.15, 0.2) is 0 Å². The molecule has 7 rings (SSSR count). The second-order valence-corrected chi connectivity index (χ2v) is 16.6. The zero-order valence-electron chi connectivity index (χ0n) is 31.1. The van der Waals surface area contributed by atoms with Crippen LogP contribution in [0.5, 0.6) is 0 Å². The van der Waals surface area contributed by atoms with Gasteiger partial charge in [-0.15, -0.1) is 11.6 Å². The molecule has 252 valence electrons. The number of allylic oxidation sites excluding steroid dienone is 4. The van der Waals surface area contributed by atoms with E-state index >= 15 is 0 Å². The molecule has 0 aliphatic heterocycles. The Morgan fingerprint density at radius 1 is 0.792 bits per heavy atom. The normalized spacial score (nSPS) is 15.5. The molecule has 0 spiro atoms. The van der Waals surface area contributed by atoms with E-state index in [1.165, 1.54) is 108 Å². The molecule has 3 aliphatic carbocycles. The first kappa shape index (κ1) is 40.3. The molecule has 0 heterocycles. The van der Waals surface area contributed by atoms with Gasteiger partial charge in [0.05, 0.1) is 0 Å². The molecule has 4 aromatic carbocycles. The van der Waals surface area contributed by atoms with Crippen LogP contribution >= 0.6 is 0 Å². The van der Waals surface area contributed by atoms with Crippen LogP contribution in [0.3, 0.4) is 0 Å². The average molecular weight is 755 g/mol. The summed E-state index contributed by atoms with van der Waals surface area (Å²) >= 11 is 1.47. The third-order valence-corrected chi connectivity index (χ3v) is 10.8. The van der Waals surface area contributed by atoms with Gasteiger partial charge in [0.25, 0.3) is 0 Å². The van der Waals surface area contributed by atoms with Crippen LogP contribution in [-0.2, 0) is 53.3 Å². The second kappa shape index (κ2) is 15.0. The Bertz CT molecular complexity index is 1780. The van der Waals surface area contributed by atoms with E-state index in [2.05, 4.69) is 160 Å². The second-order valence-electron chi connectivity index (χ2n) is 15.8. The van der Waals surface area contributed by atoms with Crippen molar-refractivity contribution in [1.29, 1.82) is 0 Å². The standard InChI is InChI=1S/C25H25.C12H19.C8H8.2ClH.Zr/c1-14-12-24(3,4)22-8-16-7-17-9-23-19(15(2)13-25(23,5)6)11-21(17)20(16)10-18(14)22;1-6-10-7-9(2)8-11(10)12(3,4)5;1-7-3-5-8(2)6-4-7;;;/h8-12H,7H2,1-6H3;7-8H,6H2,1-5H3;1,3-6H,2H3;2*1H;/q2*-1;;;;+2/p-2. The molecule has 0 saturated heterocycles. The van der Waals surface area contributed by atoms with E-state index in [4.69, 9.17) is 0 Å². The molecule has 48 heavy (non-hydrogen) atoms. The van der Waals surface area contributed by atoms with E-state index in [-0.39, 0.29) is 35.6 Å². The van der Waals surface area contributed by atoms with Gasteiger partial charge in [0, 0.05) is 5.41 Å². The maximum absolute atomic E-state index is 3.65. The van der Waals surface area contributed by atoms with Gasteiger partial charge in [-0.25, -0.2) is 11.6 Å². The maximum atomic E-state index is 3.65. The molecule has 0 saturated carbocycles. The van der Waals surface area contributed by atoms with Crippen molar-refractivity contribution in [1.82, 2.24) is 0 Å². The van der Waals surface area contributed by atoms with Gasteiger partial charge in [-0.2, -0.15) is 28.3 Å². The summed E-state index contributed by atoms with van der Waals surface area (Å²) in [5, 5.41) is 0. The molecule has 0 N–H and O–H groups in total. The summed E-state index contributed by atoms with van der Waals surface area (Å²) < 4.78 is 2.19. The first-order valence-electron chi connectivity index (χ1n) is 17.0. The van der Waals surface area contributed by atoms with Crippen LogP contribution in [0.25, 0.3) is 22.3 Å². The zero-order valence-corrected chi connectivity index (χ0v) is 35.1. The molecule has 0 radical (unpaired) electrons. The number of hydrogen-bond acceptors (Lipinski definition) is 0. The van der Waals surface area contributed by atoms with Gasteiger partial charge in [-0.1, -0.05) is 105 Å². The Morgan fingerprint density at radius 3 is 1.88 bits per heavy atom. The van der Waals surface area contributed by atoms with Gasteiger partial charge in [-0.05, 0) is 58.4 Å². The Morgan fingerprint density at radius 2 is 1.35 bits per heavy atom. The van der Waals surface area contributed by atoms with Gasteiger partial charge < -0.3 is 24.8 Å². The van der Waals surface area contributed by atoms with Crippen molar-refractivity contribution in [3.8, 4) is 11.1 Å². The van der Waals surface area contributed by atoms with Crippen molar-refractivity contribution in [2.24, 2.45) is 0 Å². The maximum Gasteiger partial charge on any atom is -1.00 e. The van der Waals surface area contributed by atoms with Crippen LogP contribution in [0, 0.1) is 19.9 Å². The minimum absolute atomic E-state index is 0. The molecule has 0 atom stereocenters. The smallest absolute Gasteiger partial charge is 1.00 e. The van der Waals surface area contributed by atoms with Crippen LogP contribution in [0.4, 0.5) is 0 Å². The van der Waals surface area contributed by atoms with Crippen LogP contribution in [0.1, 0.15) is 130 Å². The van der Waals surface area contributed by atoms with Crippen molar-refractivity contribution in [2.75, 3.05) is 0 Å². The molecule has 0 bridgehead atoms. The van der Waals surface area contributed by atoms with Crippen molar-refractivity contribution < 1.29 is 49.0 Å². The Hall–Kier alpha value is -2.18. The van der Waals surface area contributed by atoms with E-state index in [9.17, 15) is 0 Å². The first-order valence-corrected chi connectivity index (χ1v) is 18.4. The SMILES string of the molecule is CC1=[C-]C(C)(C)c2cc3c(cc21)-c1cc2c(cc1C3)C(C)(C)C=C2C.CCc1[cH-]c(C)cc1C(C)(C)C.Cc1ccc([CH]=[Zr+2])cc1.[Cl-].[Cl-]. The molecular formula is C45H52Cl2Zr-2. The minimum atomic E-state index is 0. The fraction of sp³-hybridized carbons (Fsp3) is 0.378. The fourth-order valence-electron chi connectivity index (χ4n) is 7.64. The van der Waals surface area contributed by atoms with Crippen LogP contribution in [0.2, 0.25) is 0 Å². The molecule has 3 aliphatic rings. The van der Waals surface area contributed by atoms with Crippen LogP contribution < -0.4 is 24.8 Å². The molecular weight excluding hydrogens is 703 g/mol. The topological polar surface area (TPSA) is 0 Å². The number of fused-ring (bicyclic) bond motifs is 5. The number of aryl methyl sites for hydroxylation is 3. The van der Waals surface area contributed by atoms with E-state index in [0.717, 1.165) is 12.8 Å². The average Bonchev–Trinajstić information content (AvgIpc) is 3.67. The third kappa shape index (κ3) is 8.06. The van der Waals surface area contributed by atoms with Gasteiger partial charge >= 0.3 is 70.3 Å². The summed E-state index contributed by atoms with van der Waals surface area (Å²) in [4.78, 5) is 0. The van der Waals surface area contributed by atoms with E-state index in [1.54, 1.807) is 0 Å². The van der Waals surface area contributed by atoms with E-state index in [1.807, 2.05) is 0 Å². The Kier molecular flexibility index (Phi) is 12.6. The third-order valence-electron chi connectivity index (χ3n) is 9.98. The summed E-state index contributed by atoms with van der Waals surface area (Å²) in [7, 11) is 0. The van der Waals surface area contributed by atoms with Crippen molar-refractivity contribution in [3.05, 3.63) is 134 Å². The summed E-state index contributed by atoms with van der Waals surface area (Å²) in [6.07, 6.45) is 8.29. The fourth-order valence-corrected chi connectivity index (χ4v) is 8.12. The summed E-state index contributed by atoms with van der Waals surface area (Å²) in [5.74, 6) is 0. The van der Waals surface area contributed by atoms with Crippen molar-refractivity contribution in [3.63, 3.8) is 0 Å². The van der Waals surface area contributed by atoms with Gasteiger partial charge in [-0.3, -0.25) is 6.08 Å². The molecule has 0 unspecified atom stereocenters. The van der Waals surface area contributed by atoms with E-state index in [0.29, 0.717) is 5.41 Å². The van der Waals surface area contributed by atoms with Gasteiger partial charge in [0.1, 0.15) is 0 Å². The number of hydrogen-bond donors (Lipinski definition) is 0. The predicted molar refractivity (Wildman–Crippen MR) is 198 cm³/mol. The summed E-state index contributed by atoms with van der Waals surface area (Å²) in [5.41, 5.74) is 21.9. The molecule has 0 nitrogen and oxygen atoms in total. The van der Waals surface area contributed by atoms with Crippen molar-refractivity contribution in [2.45, 2.75) is 112 Å². The zero-order chi connectivity index (χ0) is 33.8. The predicted octanol–water partition coefficient (Wildman–Crippen LogP) is 5.72. The number of rotatable bonds is 2. The number of benzene rings is 3. The molecule has 0 fully saturated rings. The summed E-state index contributed by atoms with van der Waals surface area (Å²) in [6, 6.07) is 23.0. The molecule has 4 aromatic rings.